The van der Waals surface area contributed by atoms with Gasteiger partial charge in [0, 0.05) is 42.5 Å². The summed E-state index contributed by atoms with van der Waals surface area (Å²) >= 11 is 0. The monoisotopic (exact) mass is 460 g/mol. The summed E-state index contributed by atoms with van der Waals surface area (Å²) in [6.07, 6.45) is 3.86. The Kier molecular flexibility index (Phi) is 5.98. The number of nitrogens with zero attached hydrogens (tertiary/aromatic N) is 4. The van der Waals surface area contributed by atoms with Gasteiger partial charge in [0.25, 0.3) is 11.8 Å². The van der Waals surface area contributed by atoms with E-state index in [0.29, 0.717) is 18.2 Å². The summed E-state index contributed by atoms with van der Waals surface area (Å²) in [6.45, 7) is 8.36. The van der Waals surface area contributed by atoms with E-state index in [9.17, 15) is 9.59 Å². The highest BCUT2D eigenvalue weighted by molar-refractivity contribution is 5.98. The Morgan fingerprint density at radius 1 is 1.18 bits per heavy atom. The Bertz CT molecular complexity index is 1220. The van der Waals surface area contributed by atoms with Gasteiger partial charge in [0.2, 0.25) is 0 Å². The lowest BCUT2D eigenvalue weighted by Gasteiger charge is -2.31. The topological polar surface area (TPSA) is 95.9 Å². The molecule has 1 fully saturated rings. The van der Waals surface area contributed by atoms with Crippen LogP contribution in [0.15, 0.2) is 30.3 Å². The molecule has 3 heterocycles. The van der Waals surface area contributed by atoms with Crippen LogP contribution in [0.5, 0.6) is 0 Å². The third-order valence-electron chi connectivity index (χ3n) is 7.32. The number of nitrogens with one attached hydrogen (secondary N) is 2. The number of aromatic nitrogens is 4. The highest BCUT2D eigenvalue weighted by atomic mass is 16.2. The van der Waals surface area contributed by atoms with Crippen LogP contribution in [0.25, 0.3) is 11.3 Å². The summed E-state index contributed by atoms with van der Waals surface area (Å²) in [5, 5.41) is 15.0. The van der Waals surface area contributed by atoms with Gasteiger partial charge in [-0.2, -0.15) is 10.2 Å². The van der Waals surface area contributed by atoms with Crippen molar-refractivity contribution in [3.05, 3.63) is 58.5 Å². The van der Waals surface area contributed by atoms with Crippen LogP contribution < -0.4 is 5.32 Å². The summed E-state index contributed by atoms with van der Waals surface area (Å²) in [6, 6.07) is 9.84. The number of carbonyl (C=O) groups excluding carboxylic acids is 2. The van der Waals surface area contributed by atoms with Gasteiger partial charge >= 0.3 is 0 Å². The Morgan fingerprint density at radius 2 is 1.94 bits per heavy atom. The first-order valence-corrected chi connectivity index (χ1v) is 12.2. The van der Waals surface area contributed by atoms with Gasteiger partial charge in [0.05, 0.1) is 11.4 Å². The molecule has 1 aromatic carbocycles. The standard InChI is InChI=1S/C26H32N6O2/c1-4-32-17(3)24(16(2)30-32)22-13-23(29-28-22)25(33)27-20-11-9-18(10-12-20)14-31-15-19-7-5-6-8-21(19)26(31)34/h5-8,13,18,20H,4,9-12,14-15H2,1-3H3,(H,27,33)(H,28,29). The van der Waals surface area contributed by atoms with Crippen LogP contribution in [0.1, 0.15) is 70.4 Å². The number of aromatic amines is 1. The molecule has 2 amide bonds. The van der Waals surface area contributed by atoms with Gasteiger partial charge in [-0.1, -0.05) is 18.2 Å². The number of hydrogen-bond donors (Lipinski definition) is 2. The zero-order chi connectivity index (χ0) is 23.8. The van der Waals surface area contributed by atoms with E-state index in [1.165, 1.54) is 0 Å². The highest BCUT2D eigenvalue weighted by Crippen LogP contribution is 2.30. The van der Waals surface area contributed by atoms with Crippen molar-refractivity contribution in [2.45, 2.75) is 65.6 Å². The first-order chi connectivity index (χ1) is 16.4. The largest absolute Gasteiger partial charge is 0.348 e. The SMILES string of the molecule is CCn1nc(C)c(-c2cc(C(=O)NC3CCC(CN4Cc5ccccc5C4=O)CC3)[nH]n2)c1C. The van der Waals surface area contributed by atoms with E-state index >= 15 is 0 Å². The molecular formula is C26H32N6O2. The summed E-state index contributed by atoms with van der Waals surface area (Å²) in [5.74, 6) is 0.507. The van der Waals surface area contributed by atoms with Crippen LogP contribution in [-0.4, -0.2) is 49.3 Å². The first kappa shape index (κ1) is 22.4. The summed E-state index contributed by atoms with van der Waals surface area (Å²) in [7, 11) is 0. The molecule has 2 N–H and O–H groups in total. The smallest absolute Gasteiger partial charge is 0.269 e. The van der Waals surface area contributed by atoms with Crippen molar-refractivity contribution in [2.75, 3.05) is 6.54 Å². The van der Waals surface area contributed by atoms with Crippen LogP contribution in [0, 0.1) is 19.8 Å². The van der Waals surface area contributed by atoms with E-state index in [4.69, 9.17) is 0 Å². The number of rotatable bonds is 6. The molecule has 0 bridgehead atoms. The number of hydrogen-bond acceptors (Lipinski definition) is 4. The normalized spacial score (nSPS) is 20.0. The quantitative estimate of drug-likeness (QED) is 0.584. The van der Waals surface area contributed by atoms with Crippen molar-refractivity contribution >= 4 is 11.8 Å². The van der Waals surface area contributed by atoms with Crippen LogP contribution in [0.4, 0.5) is 0 Å². The molecule has 8 heteroatoms. The second kappa shape index (κ2) is 9.08. The molecular weight excluding hydrogens is 428 g/mol. The Hall–Kier alpha value is -3.42. The van der Waals surface area contributed by atoms with Gasteiger partial charge in [0.15, 0.2) is 0 Å². The molecule has 3 aromatic rings. The molecule has 0 unspecified atom stereocenters. The Labute approximate surface area is 199 Å². The maximum Gasteiger partial charge on any atom is 0.269 e. The van der Waals surface area contributed by atoms with E-state index in [0.717, 1.165) is 72.5 Å². The fraction of sp³-hybridized carbons (Fsp3) is 0.462. The number of aryl methyl sites for hydroxylation is 2. The fourth-order valence-corrected chi connectivity index (χ4v) is 5.47. The molecule has 0 spiro atoms. The molecule has 8 nitrogen and oxygen atoms in total. The summed E-state index contributed by atoms with van der Waals surface area (Å²) in [5.41, 5.74) is 6.14. The fourth-order valence-electron chi connectivity index (χ4n) is 5.47. The van der Waals surface area contributed by atoms with E-state index in [1.807, 2.05) is 53.8 Å². The van der Waals surface area contributed by atoms with Crippen molar-refractivity contribution in [1.82, 2.24) is 30.2 Å². The molecule has 0 saturated heterocycles. The molecule has 178 valence electrons. The third-order valence-corrected chi connectivity index (χ3v) is 7.32. The molecule has 34 heavy (non-hydrogen) atoms. The van der Waals surface area contributed by atoms with Crippen molar-refractivity contribution in [2.24, 2.45) is 5.92 Å². The average Bonchev–Trinajstić information content (AvgIpc) is 3.51. The summed E-state index contributed by atoms with van der Waals surface area (Å²) < 4.78 is 1.95. The number of H-pyrrole nitrogens is 1. The minimum atomic E-state index is -0.120. The predicted octanol–water partition coefficient (Wildman–Crippen LogP) is 3.85. The van der Waals surface area contributed by atoms with Gasteiger partial charge in [-0.05, 0) is 70.1 Å². The second-order valence-electron chi connectivity index (χ2n) is 9.56. The number of fused-ring (bicyclic) bond motifs is 1. The van der Waals surface area contributed by atoms with Crippen LogP contribution in [0.2, 0.25) is 0 Å². The molecule has 2 aromatic heterocycles. The van der Waals surface area contributed by atoms with E-state index in [2.05, 4.69) is 27.5 Å². The van der Waals surface area contributed by atoms with Crippen molar-refractivity contribution in [1.29, 1.82) is 0 Å². The van der Waals surface area contributed by atoms with Gasteiger partial charge in [-0.15, -0.1) is 0 Å². The van der Waals surface area contributed by atoms with Gasteiger partial charge in [-0.3, -0.25) is 19.4 Å². The Morgan fingerprint density at radius 3 is 2.65 bits per heavy atom. The van der Waals surface area contributed by atoms with E-state index in [-0.39, 0.29) is 17.9 Å². The van der Waals surface area contributed by atoms with Crippen LogP contribution in [0.3, 0.4) is 0 Å². The minimum absolute atomic E-state index is 0.120. The number of amides is 2. The molecule has 1 aliphatic heterocycles. The lowest BCUT2D eigenvalue weighted by atomic mass is 9.85. The molecule has 0 atom stereocenters. The van der Waals surface area contributed by atoms with Crippen molar-refractivity contribution in [3.8, 4) is 11.3 Å². The molecule has 0 radical (unpaired) electrons. The number of benzene rings is 1. The average molecular weight is 461 g/mol. The molecule has 5 rings (SSSR count). The minimum Gasteiger partial charge on any atom is -0.348 e. The maximum absolute atomic E-state index is 12.9. The maximum atomic E-state index is 12.9. The van der Waals surface area contributed by atoms with Gasteiger partial charge < -0.3 is 10.2 Å². The van der Waals surface area contributed by atoms with Crippen LogP contribution in [-0.2, 0) is 13.1 Å². The zero-order valence-corrected chi connectivity index (χ0v) is 20.1. The van der Waals surface area contributed by atoms with Crippen molar-refractivity contribution < 1.29 is 9.59 Å². The van der Waals surface area contributed by atoms with E-state index in [1.54, 1.807) is 0 Å². The summed E-state index contributed by atoms with van der Waals surface area (Å²) in [4.78, 5) is 27.5. The van der Waals surface area contributed by atoms with Crippen LogP contribution >= 0.6 is 0 Å². The lowest BCUT2D eigenvalue weighted by molar-refractivity contribution is 0.0732. The lowest BCUT2D eigenvalue weighted by Crippen LogP contribution is -2.40. The highest BCUT2D eigenvalue weighted by Gasteiger charge is 2.31. The molecule has 1 saturated carbocycles. The van der Waals surface area contributed by atoms with Crippen molar-refractivity contribution in [3.63, 3.8) is 0 Å². The van der Waals surface area contributed by atoms with E-state index < -0.39 is 0 Å². The van der Waals surface area contributed by atoms with Gasteiger partial charge in [-0.25, -0.2) is 0 Å². The number of carbonyl (C=O) groups is 2. The predicted molar refractivity (Wildman–Crippen MR) is 129 cm³/mol. The third kappa shape index (κ3) is 4.13. The Balaban J connectivity index is 1.14. The van der Waals surface area contributed by atoms with Gasteiger partial charge in [0.1, 0.15) is 5.69 Å². The second-order valence-corrected chi connectivity index (χ2v) is 9.56. The first-order valence-electron chi connectivity index (χ1n) is 12.2. The zero-order valence-electron chi connectivity index (χ0n) is 20.1. The molecule has 2 aliphatic rings. The molecule has 1 aliphatic carbocycles.